The Morgan fingerprint density at radius 3 is 2.69 bits per heavy atom. The number of rotatable bonds is 2. The summed E-state index contributed by atoms with van der Waals surface area (Å²) in [7, 11) is 1.51. The van der Waals surface area contributed by atoms with Gasteiger partial charge in [-0.25, -0.2) is 0 Å². The van der Waals surface area contributed by atoms with Crippen molar-refractivity contribution in [2.45, 2.75) is 6.92 Å². The highest BCUT2D eigenvalue weighted by Gasteiger charge is 2.12. The minimum Gasteiger partial charge on any atom is -0.504 e. The monoisotopic (exact) mass is 220 g/mol. The topological polar surface area (TPSA) is 81.5 Å². The van der Waals surface area contributed by atoms with Gasteiger partial charge in [0, 0.05) is 0 Å². The Bertz CT molecular complexity index is 497. The molecule has 0 aliphatic heterocycles. The number of anilines is 1. The molecule has 0 radical (unpaired) electrons. The quantitative estimate of drug-likeness (QED) is 0.808. The van der Waals surface area contributed by atoms with E-state index < -0.39 is 0 Å². The fraction of sp³-hybridized carbons (Fsp3) is 0.182. The van der Waals surface area contributed by atoms with E-state index in [0.29, 0.717) is 11.3 Å². The van der Waals surface area contributed by atoms with Crippen molar-refractivity contribution >= 4 is 5.88 Å². The molecule has 1 heterocycles. The standard InChI is InChI=1S/C11H12N2O3/c1-6-3-7(4-9(14)10(6)15-2)8-5-13-16-11(8)12/h3-5,14H,12H2,1-2H3. The van der Waals surface area contributed by atoms with Crippen LogP contribution in [0.25, 0.3) is 11.1 Å². The van der Waals surface area contributed by atoms with Crippen LogP contribution in [0.1, 0.15) is 5.56 Å². The normalized spacial score (nSPS) is 10.4. The van der Waals surface area contributed by atoms with Gasteiger partial charge in [0.1, 0.15) is 0 Å². The van der Waals surface area contributed by atoms with E-state index in [9.17, 15) is 5.11 Å². The van der Waals surface area contributed by atoms with Gasteiger partial charge in [0.15, 0.2) is 11.5 Å². The molecule has 0 aliphatic rings. The lowest BCUT2D eigenvalue weighted by molar-refractivity contribution is 0.371. The van der Waals surface area contributed by atoms with Crippen molar-refractivity contribution in [3.05, 3.63) is 23.9 Å². The summed E-state index contributed by atoms with van der Waals surface area (Å²) in [6, 6.07) is 3.41. The third-order valence-corrected chi connectivity index (χ3v) is 2.37. The first kappa shape index (κ1) is 10.4. The fourth-order valence-electron chi connectivity index (χ4n) is 1.64. The Kier molecular flexibility index (Phi) is 2.44. The first-order valence-electron chi connectivity index (χ1n) is 4.71. The average Bonchev–Trinajstić information content (AvgIpc) is 2.64. The lowest BCUT2D eigenvalue weighted by Gasteiger charge is -2.09. The molecule has 0 bridgehead atoms. The molecule has 0 aliphatic carbocycles. The van der Waals surface area contributed by atoms with E-state index in [-0.39, 0.29) is 11.6 Å². The Hall–Kier alpha value is -2.17. The SMILES string of the molecule is COc1c(C)cc(-c2cnoc2N)cc1O. The second kappa shape index (κ2) is 3.77. The third kappa shape index (κ3) is 1.56. The first-order valence-corrected chi connectivity index (χ1v) is 4.71. The number of hydrogen-bond acceptors (Lipinski definition) is 5. The molecule has 0 unspecified atom stereocenters. The van der Waals surface area contributed by atoms with Crippen LogP contribution < -0.4 is 10.5 Å². The summed E-state index contributed by atoms with van der Waals surface area (Å²) in [5.74, 6) is 0.751. The summed E-state index contributed by atoms with van der Waals surface area (Å²) < 4.78 is 9.83. The lowest BCUT2D eigenvalue weighted by Crippen LogP contribution is -1.90. The minimum absolute atomic E-state index is 0.0677. The Morgan fingerprint density at radius 2 is 2.19 bits per heavy atom. The zero-order valence-corrected chi connectivity index (χ0v) is 9.02. The summed E-state index contributed by atoms with van der Waals surface area (Å²) in [6.07, 6.45) is 1.51. The van der Waals surface area contributed by atoms with E-state index in [1.54, 1.807) is 6.07 Å². The van der Waals surface area contributed by atoms with Crippen LogP contribution in [0.4, 0.5) is 5.88 Å². The molecular formula is C11H12N2O3. The molecule has 1 aromatic heterocycles. The van der Waals surface area contributed by atoms with Crippen LogP contribution in [0.15, 0.2) is 22.9 Å². The molecule has 0 spiro atoms. The number of nitrogens with zero attached hydrogens (tertiary/aromatic N) is 1. The summed E-state index contributed by atoms with van der Waals surface area (Å²) >= 11 is 0. The van der Waals surface area contributed by atoms with Gasteiger partial charge in [-0.2, -0.15) is 0 Å². The molecule has 0 saturated heterocycles. The molecule has 0 fully saturated rings. The minimum atomic E-state index is 0.0677. The number of aromatic nitrogens is 1. The van der Waals surface area contributed by atoms with Crippen molar-refractivity contribution in [2.75, 3.05) is 12.8 Å². The number of hydrogen-bond donors (Lipinski definition) is 2. The van der Waals surface area contributed by atoms with E-state index in [2.05, 4.69) is 5.16 Å². The number of ether oxygens (including phenoxy) is 1. The predicted molar refractivity (Wildman–Crippen MR) is 59.3 cm³/mol. The molecule has 5 heteroatoms. The van der Waals surface area contributed by atoms with E-state index in [1.807, 2.05) is 13.0 Å². The highest BCUT2D eigenvalue weighted by Crippen LogP contribution is 2.36. The van der Waals surface area contributed by atoms with Crippen LogP contribution >= 0.6 is 0 Å². The largest absolute Gasteiger partial charge is 0.504 e. The van der Waals surface area contributed by atoms with Gasteiger partial charge >= 0.3 is 0 Å². The maximum atomic E-state index is 9.75. The highest BCUT2D eigenvalue weighted by atomic mass is 16.5. The molecule has 16 heavy (non-hydrogen) atoms. The Labute approximate surface area is 92.4 Å². The summed E-state index contributed by atoms with van der Waals surface area (Å²) in [5, 5.41) is 13.3. The number of phenols is 1. The van der Waals surface area contributed by atoms with E-state index in [0.717, 1.165) is 11.1 Å². The molecule has 5 nitrogen and oxygen atoms in total. The summed E-state index contributed by atoms with van der Waals surface area (Å²) in [4.78, 5) is 0. The number of aryl methyl sites for hydroxylation is 1. The van der Waals surface area contributed by atoms with E-state index in [1.165, 1.54) is 13.3 Å². The van der Waals surface area contributed by atoms with Gasteiger partial charge < -0.3 is 20.1 Å². The zero-order chi connectivity index (χ0) is 11.7. The number of nitrogens with two attached hydrogens (primary N) is 1. The smallest absolute Gasteiger partial charge is 0.229 e. The molecule has 2 aromatic rings. The second-order valence-corrected chi connectivity index (χ2v) is 3.45. The molecule has 0 saturated carbocycles. The summed E-state index contributed by atoms with van der Waals surface area (Å²) in [5.41, 5.74) is 7.82. The van der Waals surface area contributed by atoms with E-state index in [4.69, 9.17) is 15.0 Å². The van der Waals surface area contributed by atoms with Crippen LogP contribution in [0, 0.1) is 6.92 Å². The van der Waals surface area contributed by atoms with Crippen molar-refractivity contribution < 1.29 is 14.4 Å². The second-order valence-electron chi connectivity index (χ2n) is 3.45. The van der Waals surface area contributed by atoms with Crippen LogP contribution in [0.3, 0.4) is 0 Å². The molecule has 0 atom stereocenters. The van der Waals surface area contributed by atoms with Gasteiger partial charge in [0.05, 0.1) is 18.9 Å². The third-order valence-electron chi connectivity index (χ3n) is 2.37. The van der Waals surface area contributed by atoms with Gasteiger partial charge in [0.25, 0.3) is 0 Å². The highest BCUT2D eigenvalue weighted by molar-refractivity contribution is 5.75. The lowest BCUT2D eigenvalue weighted by atomic mass is 10.0. The maximum Gasteiger partial charge on any atom is 0.229 e. The van der Waals surface area contributed by atoms with Crippen LogP contribution in [0.5, 0.6) is 11.5 Å². The molecule has 3 N–H and O–H groups in total. The Morgan fingerprint density at radius 1 is 1.44 bits per heavy atom. The van der Waals surface area contributed by atoms with Crippen molar-refractivity contribution in [1.29, 1.82) is 0 Å². The first-order chi connectivity index (χ1) is 7.63. The molecule has 1 aromatic carbocycles. The molecule has 2 rings (SSSR count). The van der Waals surface area contributed by atoms with Crippen molar-refractivity contribution in [3.63, 3.8) is 0 Å². The van der Waals surface area contributed by atoms with Gasteiger partial charge in [-0.05, 0) is 30.2 Å². The molecular weight excluding hydrogens is 208 g/mol. The van der Waals surface area contributed by atoms with Crippen molar-refractivity contribution in [2.24, 2.45) is 0 Å². The van der Waals surface area contributed by atoms with Gasteiger partial charge in [-0.15, -0.1) is 0 Å². The molecule has 0 amide bonds. The average molecular weight is 220 g/mol. The summed E-state index contributed by atoms with van der Waals surface area (Å²) in [6.45, 7) is 1.84. The van der Waals surface area contributed by atoms with E-state index >= 15 is 0 Å². The van der Waals surface area contributed by atoms with Gasteiger partial charge in [-0.3, -0.25) is 0 Å². The zero-order valence-electron chi connectivity index (χ0n) is 9.02. The van der Waals surface area contributed by atoms with Crippen molar-refractivity contribution in [3.8, 4) is 22.6 Å². The fourth-order valence-corrected chi connectivity index (χ4v) is 1.64. The predicted octanol–water partition coefficient (Wildman–Crippen LogP) is 1.95. The van der Waals surface area contributed by atoms with Crippen molar-refractivity contribution in [1.82, 2.24) is 5.16 Å². The van der Waals surface area contributed by atoms with Crippen LogP contribution in [-0.4, -0.2) is 17.4 Å². The number of methoxy groups -OCH3 is 1. The Balaban J connectivity index is 2.57. The maximum absolute atomic E-state index is 9.75. The number of benzene rings is 1. The number of nitrogen functional groups attached to an aromatic ring is 1. The van der Waals surface area contributed by atoms with Crippen LogP contribution in [-0.2, 0) is 0 Å². The number of phenolic OH excluding ortho intramolecular Hbond substituents is 1. The van der Waals surface area contributed by atoms with Crippen LogP contribution in [0.2, 0.25) is 0 Å². The number of aromatic hydroxyl groups is 1. The van der Waals surface area contributed by atoms with Gasteiger partial charge in [0.2, 0.25) is 5.88 Å². The molecule has 84 valence electrons. The van der Waals surface area contributed by atoms with Gasteiger partial charge in [-0.1, -0.05) is 5.16 Å².